The lowest BCUT2D eigenvalue weighted by Gasteiger charge is -2.21. The molecule has 0 spiro atoms. The first-order chi connectivity index (χ1) is 15.2. The molecule has 8 nitrogen and oxygen atoms in total. The minimum Gasteiger partial charge on any atom is -0.497 e. The van der Waals surface area contributed by atoms with Crippen LogP contribution < -0.4 is 4.74 Å². The molecule has 0 aliphatic carbocycles. The SMILES string of the molecule is CCOP(=O)(CC(=O)O[C@@H](/C=C/CCOCc1ccc(OC)cc1)[C@H](C)C(C)=O)OCC. The molecule has 0 aliphatic heterocycles. The summed E-state index contributed by atoms with van der Waals surface area (Å²) in [5.74, 6) is -0.625. The molecule has 0 bridgehead atoms. The van der Waals surface area contributed by atoms with Crippen molar-refractivity contribution in [2.24, 2.45) is 5.92 Å². The summed E-state index contributed by atoms with van der Waals surface area (Å²) in [5, 5.41) is 0. The van der Waals surface area contributed by atoms with Gasteiger partial charge in [0.05, 0.1) is 39.5 Å². The van der Waals surface area contributed by atoms with Crippen molar-refractivity contribution < 1.29 is 37.4 Å². The summed E-state index contributed by atoms with van der Waals surface area (Å²) in [6, 6.07) is 7.61. The molecule has 0 saturated heterocycles. The number of hydrogen-bond acceptors (Lipinski definition) is 8. The van der Waals surface area contributed by atoms with Gasteiger partial charge in [-0.25, -0.2) is 0 Å². The van der Waals surface area contributed by atoms with Crippen molar-refractivity contribution in [2.45, 2.75) is 46.8 Å². The second-order valence-corrected chi connectivity index (χ2v) is 9.13. The Kier molecular flexibility index (Phi) is 13.1. The second-order valence-electron chi connectivity index (χ2n) is 7.08. The van der Waals surface area contributed by atoms with Crippen LogP contribution in [0.5, 0.6) is 5.75 Å². The summed E-state index contributed by atoms with van der Waals surface area (Å²) in [6.45, 7) is 7.65. The van der Waals surface area contributed by atoms with E-state index < -0.39 is 31.7 Å². The molecule has 0 heterocycles. The molecule has 0 aliphatic rings. The zero-order valence-electron chi connectivity index (χ0n) is 19.6. The van der Waals surface area contributed by atoms with Crippen LogP contribution in [-0.2, 0) is 39.3 Å². The lowest BCUT2D eigenvalue weighted by molar-refractivity contribution is -0.147. The number of hydrogen-bond donors (Lipinski definition) is 0. The number of methoxy groups -OCH3 is 1. The molecule has 0 amide bonds. The van der Waals surface area contributed by atoms with E-state index in [9.17, 15) is 14.2 Å². The monoisotopic (exact) mass is 470 g/mol. The van der Waals surface area contributed by atoms with E-state index in [2.05, 4.69) is 0 Å². The first-order valence-corrected chi connectivity index (χ1v) is 12.4. The third kappa shape index (κ3) is 10.6. The molecule has 9 heteroatoms. The van der Waals surface area contributed by atoms with Crippen molar-refractivity contribution in [3.8, 4) is 5.75 Å². The number of ether oxygens (including phenoxy) is 3. The maximum absolute atomic E-state index is 12.5. The molecule has 0 N–H and O–H groups in total. The highest BCUT2D eigenvalue weighted by Gasteiger charge is 2.31. The summed E-state index contributed by atoms with van der Waals surface area (Å²) in [4.78, 5) is 24.2. The van der Waals surface area contributed by atoms with Gasteiger partial charge in [0.25, 0.3) is 0 Å². The van der Waals surface area contributed by atoms with Crippen LogP contribution in [0.15, 0.2) is 36.4 Å². The Hall–Kier alpha value is -1.99. The number of rotatable bonds is 16. The number of carbonyl (C=O) groups excluding carboxylic acids is 2. The lowest BCUT2D eigenvalue weighted by atomic mass is 10.00. The first kappa shape index (κ1) is 28.0. The van der Waals surface area contributed by atoms with Gasteiger partial charge in [-0.15, -0.1) is 0 Å². The fraction of sp³-hybridized carbons (Fsp3) is 0.565. The van der Waals surface area contributed by atoms with E-state index >= 15 is 0 Å². The fourth-order valence-corrected chi connectivity index (χ4v) is 4.14. The molecule has 180 valence electrons. The minimum absolute atomic E-state index is 0.124. The van der Waals surface area contributed by atoms with Crippen LogP contribution >= 0.6 is 7.60 Å². The number of carbonyl (C=O) groups is 2. The molecule has 32 heavy (non-hydrogen) atoms. The van der Waals surface area contributed by atoms with Crippen LogP contribution in [0.25, 0.3) is 0 Å². The third-order valence-corrected chi connectivity index (χ3v) is 6.51. The van der Waals surface area contributed by atoms with E-state index in [0.29, 0.717) is 19.6 Å². The second kappa shape index (κ2) is 15.0. The highest BCUT2D eigenvalue weighted by molar-refractivity contribution is 7.54. The van der Waals surface area contributed by atoms with Gasteiger partial charge in [0.2, 0.25) is 0 Å². The molecule has 0 radical (unpaired) electrons. The average molecular weight is 470 g/mol. The molecule has 1 rings (SSSR count). The van der Waals surface area contributed by atoms with Crippen molar-refractivity contribution in [3.63, 3.8) is 0 Å². The highest BCUT2D eigenvalue weighted by atomic mass is 31.2. The minimum atomic E-state index is -3.57. The Morgan fingerprint density at radius 3 is 2.25 bits per heavy atom. The highest BCUT2D eigenvalue weighted by Crippen LogP contribution is 2.47. The van der Waals surface area contributed by atoms with Crippen LogP contribution in [0.4, 0.5) is 0 Å². The van der Waals surface area contributed by atoms with Gasteiger partial charge in [0.15, 0.2) is 0 Å². The predicted molar refractivity (Wildman–Crippen MR) is 122 cm³/mol. The maximum atomic E-state index is 12.5. The van der Waals surface area contributed by atoms with Crippen molar-refractivity contribution >= 4 is 19.3 Å². The van der Waals surface area contributed by atoms with Gasteiger partial charge in [0.1, 0.15) is 23.8 Å². The quantitative estimate of drug-likeness (QED) is 0.150. The van der Waals surface area contributed by atoms with Gasteiger partial charge in [-0.05, 0) is 51.0 Å². The summed E-state index contributed by atoms with van der Waals surface area (Å²) in [7, 11) is -1.96. The standard InChI is InChI=1S/C23H35O8P/c1-6-29-32(26,30-7-2)17-23(25)31-22(18(3)19(4)24)10-8-9-15-28-16-20-11-13-21(27-5)14-12-20/h8,10-14,18,22H,6-7,9,15-17H2,1-5H3/b10-8+/t18-,22+/m1/s1. The van der Waals surface area contributed by atoms with Gasteiger partial charge in [-0.2, -0.15) is 0 Å². The van der Waals surface area contributed by atoms with E-state index in [1.807, 2.05) is 24.3 Å². The van der Waals surface area contributed by atoms with E-state index in [-0.39, 0.29) is 19.0 Å². The van der Waals surface area contributed by atoms with Gasteiger partial charge in [-0.1, -0.05) is 25.1 Å². The summed E-state index contributed by atoms with van der Waals surface area (Å²) in [6.07, 6.45) is 2.75. The number of Topliss-reactive ketones (excluding diaryl/α,β-unsaturated/α-hetero) is 1. The summed E-state index contributed by atoms with van der Waals surface area (Å²) >= 11 is 0. The largest absolute Gasteiger partial charge is 0.497 e. The van der Waals surface area contributed by atoms with E-state index in [4.69, 9.17) is 23.3 Å². The molecular formula is C23H35O8P. The zero-order valence-corrected chi connectivity index (χ0v) is 20.5. The molecule has 1 aromatic carbocycles. The van der Waals surface area contributed by atoms with Crippen LogP contribution in [0.1, 0.15) is 39.7 Å². The number of ketones is 1. The van der Waals surface area contributed by atoms with Gasteiger partial charge in [-0.3, -0.25) is 14.2 Å². The average Bonchev–Trinajstić information content (AvgIpc) is 2.75. The molecule has 1 aromatic rings. The normalized spacial score (nSPS) is 13.7. The molecular weight excluding hydrogens is 435 g/mol. The summed E-state index contributed by atoms with van der Waals surface area (Å²) in [5.41, 5.74) is 1.03. The molecule has 0 fully saturated rings. The Morgan fingerprint density at radius 2 is 1.72 bits per heavy atom. The molecule has 0 saturated carbocycles. The third-order valence-electron chi connectivity index (χ3n) is 4.56. The van der Waals surface area contributed by atoms with Crippen LogP contribution in [-0.4, -0.2) is 50.9 Å². The van der Waals surface area contributed by atoms with E-state index in [1.54, 1.807) is 40.0 Å². The number of benzene rings is 1. The molecule has 2 atom stereocenters. The van der Waals surface area contributed by atoms with Crippen molar-refractivity contribution in [3.05, 3.63) is 42.0 Å². The Balaban J connectivity index is 2.58. The molecule has 0 unspecified atom stereocenters. The smallest absolute Gasteiger partial charge is 0.341 e. The lowest BCUT2D eigenvalue weighted by Crippen LogP contribution is -2.29. The number of esters is 1. The Morgan fingerprint density at radius 1 is 1.09 bits per heavy atom. The Labute approximate surface area is 190 Å². The first-order valence-electron chi connectivity index (χ1n) is 10.7. The maximum Gasteiger partial charge on any atom is 0.341 e. The molecule has 0 aromatic heterocycles. The topological polar surface area (TPSA) is 97.4 Å². The van der Waals surface area contributed by atoms with E-state index in [0.717, 1.165) is 11.3 Å². The van der Waals surface area contributed by atoms with Gasteiger partial charge >= 0.3 is 13.6 Å². The fourth-order valence-electron chi connectivity index (χ4n) is 2.70. The zero-order chi connectivity index (χ0) is 24.0. The van der Waals surface area contributed by atoms with Crippen molar-refractivity contribution in [1.82, 2.24) is 0 Å². The van der Waals surface area contributed by atoms with Crippen molar-refractivity contribution in [2.75, 3.05) is 33.1 Å². The summed E-state index contributed by atoms with van der Waals surface area (Å²) < 4.78 is 39.0. The van der Waals surface area contributed by atoms with Crippen LogP contribution in [0, 0.1) is 5.92 Å². The van der Waals surface area contributed by atoms with Crippen LogP contribution in [0.2, 0.25) is 0 Å². The van der Waals surface area contributed by atoms with Crippen LogP contribution in [0.3, 0.4) is 0 Å². The van der Waals surface area contributed by atoms with Gasteiger partial charge < -0.3 is 23.3 Å². The van der Waals surface area contributed by atoms with E-state index in [1.165, 1.54) is 6.92 Å². The van der Waals surface area contributed by atoms with Crippen molar-refractivity contribution in [1.29, 1.82) is 0 Å². The Bertz CT molecular complexity index is 765. The predicted octanol–water partition coefficient (Wildman–Crippen LogP) is 4.56. The van der Waals surface area contributed by atoms with Gasteiger partial charge in [0, 0.05) is 0 Å².